The molecular weight excluding hydrogens is 238 g/mol. The van der Waals surface area contributed by atoms with E-state index in [0.717, 1.165) is 18.7 Å². The molecule has 0 aliphatic heterocycles. The summed E-state index contributed by atoms with van der Waals surface area (Å²) in [6, 6.07) is 0. The van der Waals surface area contributed by atoms with E-state index in [1.165, 1.54) is 11.3 Å². The average molecular weight is 261 g/mol. The Kier molecular flexibility index (Phi) is 3.75. The maximum atomic E-state index is 4.49. The van der Waals surface area contributed by atoms with Gasteiger partial charge in [0.05, 0.1) is 36.0 Å². The minimum atomic E-state index is -0.0922. The summed E-state index contributed by atoms with van der Waals surface area (Å²) in [5.74, 6) is 0. The highest BCUT2D eigenvalue weighted by Gasteiger charge is 2.22. The molecule has 104 valence electrons. The minimum absolute atomic E-state index is 0.0922. The summed E-state index contributed by atoms with van der Waals surface area (Å²) in [4.78, 5) is 4.29. The molecule has 1 N–H and O–H groups in total. The molecule has 0 aliphatic carbocycles. The van der Waals surface area contributed by atoms with Crippen LogP contribution < -0.4 is 5.32 Å². The molecule has 0 aromatic carbocycles. The summed E-state index contributed by atoms with van der Waals surface area (Å²) in [5.41, 5.74) is 3.51. The van der Waals surface area contributed by atoms with Crippen molar-refractivity contribution in [3.8, 4) is 0 Å². The van der Waals surface area contributed by atoms with Gasteiger partial charge in [-0.2, -0.15) is 5.10 Å². The van der Waals surface area contributed by atoms with E-state index in [1.54, 1.807) is 0 Å². The van der Waals surface area contributed by atoms with Crippen molar-refractivity contribution in [2.75, 3.05) is 7.05 Å². The average Bonchev–Trinajstić information content (AvgIpc) is 2.96. The Hall–Kier alpha value is -1.62. The summed E-state index contributed by atoms with van der Waals surface area (Å²) in [5, 5.41) is 7.81. The van der Waals surface area contributed by atoms with Gasteiger partial charge in [0.1, 0.15) is 0 Å². The van der Waals surface area contributed by atoms with Gasteiger partial charge in [0, 0.05) is 18.8 Å². The van der Waals surface area contributed by atoms with E-state index in [9.17, 15) is 0 Å². The van der Waals surface area contributed by atoms with Crippen LogP contribution in [0.25, 0.3) is 0 Å². The lowest BCUT2D eigenvalue weighted by Gasteiger charge is -2.25. The Balaban J connectivity index is 2.32. The highest BCUT2D eigenvalue weighted by atomic mass is 15.3. The van der Waals surface area contributed by atoms with Crippen molar-refractivity contribution in [2.24, 2.45) is 7.05 Å². The van der Waals surface area contributed by atoms with E-state index in [0.29, 0.717) is 0 Å². The van der Waals surface area contributed by atoms with Gasteiger partial charge in [-0.1, -0.05) is 6.92 Å². The predicted octanol–water partition coefficient (Wildman–Crippen LogP) is 1.68. The number of rotatable bonds is 5. The lowest BCUT2D eigenvalue weighted by atomic mass is 10.0. The van der Waals surface area contributed by atoms with Crippen LogP contribution >= 0.6 is 0 Å². The maximum Gasteiger partial charge on any atom is 0.0951 e. The van der Waals surface area contributed by atoms with Crippen LogP contribution in [0.2, 0.25) is 0 Å². The fraction of sp³-hybridized carbons (Fsp3) is 0.571. The van der Waals surface area contributed by atoms with Crippen LogP contribution in [0, 0.1) is 0 Å². The van der Waals surface area contributed by atoms with E-state index in [1.807, 2.05) is 31.3 Å². The molecule has 5 nitrogen and oxygen atoms in total. The van der Waals surface area contributed by atoms with Crippen molar-refractivity contribution >= 4 is 0 Å². The van der Waals surface area contributed by atoms with Gasteiger partial charge in [-0.05, 0) is 27.3 Å². The van der Waals surface area contributed by atoms with E-state index in [4.69, 9.17) is 0 Å². The third kappa shape index (κ3) is 2.71. The van der Waals surface area contributed by atoms with Crippen LogP contribution in [0.5, 0.6) is 0 Å². The second kappa shape index (κ2) is 5.17. The summed E-state index contributed by atoms with van der Waals surface area (Å²) < 4.78 is 4.07. The second-order valence-electron chi connectivity index (χ2n) is 5.41. The monoisotopic (exact) mass is 261 g/mol. The van der Waals surface area contributed by atoms with Crippen LogP contribution in [-0.2, 0) is 25.6 Å². The molecule has 0 aliphatic rings. The smallest absolute Gasteiger partial charge is 0.0951 e. The second-order valence-corrected chi connectivity index (χ2v) is 5.41. The molecule has 0 amide bonds. The molecule has 5 heteroatoms. The van der Waals surface area contributed by atoms with Crippen molar-refractivity contribution in [1.29, 1.82) is 0 Å². The van der Waals surface area contributed by atoms with E-state index in [-0.39, 0.29) is 5.54 Å². The third-order valence-corrected chi connectivity index (χ3v) is 3.65. The first-order valence-corrected chi connectivity index (χ1v) is 6.69. The fourth-order valence-corrected chi connectivity index (χ4v) is 2.29. The first-order valence-electron chi connectivity index (χ1n) is 6.69. The quantitative estimate of drug-likeness (QED) is 0.891. The van der Waals surface area contributed by atoms with Crippen molar-refractivity contribution in [3.05, 3.63) is 35.7 Å². The Morgan fingerprint density at radius 2 is 2.11 bits per heavy atom. The van der Waals surface area contributed by atoms with Crippen molar-refractivity contribution in [3.63, 3.8) is 0 Å². The van der Waals surface area contributed by atoms with Crippen LogP contribution in [0.4, 0.5) is 0 Å². The molecule has 0 saturated heterocycles. The molecule has 2 aromatic rings. The molecule has 0 fully saturated rings. The van der Waals surface area contributed by atoms with Gasteiger partial charge in [-0.3, -0.25) is 4.68 Å². The maximum absolute atomic E-state index is 4.49. The van der Waals surface area contributed by atoms with Crippen molar-refractivity contribution < 1.29 is 0 Å². The zero-order valence-corrected chi connectivity index (χ0v) is 12.4. The van der Waals surface area contributed by atoms with Gasteiger partial charge in [0.25, 0.3) is 0 Å². The van der Waals surface area contributed by atoms with E-state index in [2.05, 4.69) is 46.9 Å². The van der Waals surface area contributed by atoms with E-state index < -0.39 is 0 Å². The molecule has 0 unspecified atom stereocenters. The van der Waals surface area contributed by atoms with Crippen LogP contribution in [-0.4, -0.2) is 26.4 Å². The topological polar surface area (TPSA) is 47.7 Å². The Morgan fingerprint density at radius 1 is 1.37 bits per heavy atom. The molecule has 19 heavy (non-hydrogen) atoms. The first-order chi connectivity index (χ1) is 8.97. The zero-order chi connectivity index (χ0) is 14.0. The number of hydrogen-bond acceptors (Lipinski definition) is 3. The van der Waals surface area contributed by atoms with Gasteiger partial charge in [0.15, 0.2) is 0 Å². The number of hydrogen-bond donors (Lipinski definition) is 1. The van der Waals surface area contributed by atoms with Gasteiger partial charge in [-0.25, -0.2) is 4.98 Å². The van der Waals surface area contributed by atoms with Crippen molar-refractivity contribution in [1.82, 2.24) is 24.6 Å². The highest BCUT2D eigenvalue weighted by molar-refractivity contribution is 5.20. The van der Waals surface area contributed by atoms with E-state index >= 15 is 0 Å². The van der Waals surface area contributed by atoms with Gasteiger partial charge < -0.3 is 9.88 Å². The van der Waals surface area contributed by atoms with Gasteiger partial charge in [-0.15, -0.1) is 0 Å². The summed E-state index contributed by atoms with van der Waals surface area (Å²) in [6.45, 7) is 7.27. The van der Waals surface area contributed by atoms with Crippen molar-refractivity contribution in [2.45, 2.75) is 39.3 Å². The number of aryl methyl sites for hydroxylation is 2. The fourth-order valence-electron chi connectivity index (χ4n) is 2.29. The number of nitrogens with one attached hydrogen (secondary N) is 1. The van der Waals surface area contributed by atoms with Crippen LogP contribution in [0.1, 0.15) is 37.7 Å². The summed E-state index contributed by atoms with van der Waals surface area (Å²) in [6.07, 6.45) is 6.87. The molecule has 2 heterocycles. The number of nitrogens with zero attached hydrogens (tertiary/aromatic N) is 4. The zero-order valence-electron chi connectivity index (χ0n) is 12.4. The first kappa shape index (κ1) is 13.8. The van der Waals surface area contributed by atoms with Crippen LogP contribution in [0.3, 0.4) is 0 Å². The van der Waals surface area contributed by atoms with Gasteiger partial charge in [0.2, 0.25) is 0 Å². The molecule has 2 rings (SSSR count). The minimum Gasteiger partial charge on any atom is -0.328 e. The molecule has 0 atom stereocenters. The predicted molar refractivity (Wildman–Crippen MR) is 76.0 cm³/mol. The third-order valence-electron chi connectivity index (χ3n) is 3.65. The number of imidazole rings is 1. The SMILES string of the molecule is CCc1nn(C)cc1Cn1cncc1C(C)(C)NC. The standard InChI is InChI=1S/C14H23N5/c1-6-12-11(8-18(5)17-12)9-19-10-16-7-13(19)14(2,3)15-4/h7-8,10,15H,6,9H2,1-5H3. The Labute approximate surface area is 114 Å². The van der Waals surface area contributed by atoms with Gasteiger partial charge >= 0.3 is 0 Å². The lowest BCUT2D eigenvalue weighted by Crippen LogP contribution is -2.35. The largest absolute Gasteiger partial charge is 0.328 e. The highest BCUT2D eigenvalue weighted by Crippen LogP contribution is 2.20. The Bertz CT molecular complexity index is 550. The number of aromatic nitrogens is 4. The normalized spacial score (nSPS) is 12.1. The van der Waals surface area contributed by atoms with Crippen LogP contribution in [0.15, 0.2) is 18.7 Å². The molecule has 2 aromatic heterocycles. The summed E-state index contributed by atoms with van der Waals surface area (Å²) >= 11 is 0. The molecule has 0 radical (unpaired) electrons. The lowest BCUT2D eigenvalue weighted by molar-refractivity contribution is 0.413. The Morgan fingerprint density at radius 3 is 2.74 bits per heavy atom. The summed E-state index contributed by atoms with van der Waals surface area (Å²) in [7, 11) is 3.94. The molecular formula is C14H23N5. The molecule has 0 bridgehead atoms. The molecule has 0 saturated carbocycles. The molecule has 0 spiro atoms.